The number of hydrogen-bond acceptors (Lipinski definition) is 3. The van der Waals surface area contributed by atoms with Crippen LogP contribution in [0.2, 0.25) is 0 Å². The van der Waals surface area contributed by atoms with Crippen molar-refractivity contribution in [3.8, 4) is 5.75 Å². The molecule has 1 aliphatic rings. The normalized spacial score (nSPS) is 13.2. The van der Waals surface area contributed by atoms with Crippen LogP contribution in [0.25, 0.3) is 0 Å². The summed E-state index contributed by atoms with van der Waals surface area (Å²) >= 11 is 0. The van der Waals surface area contributed by atoms with Gasteiger partial charge in [-0.15, -0.1) is 0 Å². The number of carbonyl (C=O) groups excluding carboxylic acids is 1. The summed E-state index contributed by atoms with van der Waals surface area (Å²) in [4.78, 5) is 25.2. The number of ether oxygens (including phenoxy) is 1. The molecule has 1 aromatic carbocycles. The van der Waals surface area contributed by atoms with Crippen LogP contribution in [0.5, 0.6) is 5.75 Å². The molecule has 3 rings (SSSR count). The predicted octanol–water partition coefficient (Wildman–Crippen LogP) is 3.28. The number of aromatic nitrogens is 1. The van der Waals surface area contributed by atoms with Gasteiger partial charge in [0.15, 0.2) is 0 Å². The number of hydrogen-bond donors (Lipinski definition) is 1. The van der Waals surface area contributed by atoms with Gasteiger partial charge in [0.1, 0.15) is 17.1 Å². The molecule has 1 N–H and O–H groups in total. The van der Waals surface area contributed by atoms with Gasteiger partial charge in [-0.25, -0.2) is 4.39 Å². The van der Waals surface area contributed by atoms with Crippen molar-refractivity contribution in [2.45, 2.75) is 39.7 Å². The van der Waals surface area contributed by atoms with E-state index in [-0.39, 0.29) is 17.2 Å². The van der Waals surface area contributed by atoms with E-state index in [0.29, 0.717) is 36.5 Å². The van der Waals surface area contributed by atoms with Crippen LogP contribution in [0.15, 0.2) is 29.1 Å². The fraction of sp³-hybridized carbons (Fsp3) is 0.368. The average Bonchev–Trinajstić information content (AvgIpc) is 2.58. The SMILES string of the molecule is CCOc1cc(=O)n2c(c1C(=O)Nc1cc(F)ccc1C)CCCC2. The van der Waals surface area contributed by atoms with Crippen molar-refractivity contribution in [1.29, 1.82) is 0 Å². The maximum absolute atomic E-state index is 13.5. The van der Waals surface area contributed by atoms with E-state index in [0.717, 1.165) is 18.4 Å². The van der Waals surface area contributed by atoms with Crippen molar-refractivity contribution in [3.05, 3.63) is 57.3 Å². The van der Waals surface area contributed by atoms with E-state index in [1.54, 1.807) is 24.5 Å². The highest BCUT2D eigenvalue weighted by atomic mass is 19.1. The summed E-state index contributed by atoms with van der Waals surface area (Å²) < 4.78 is 20.7. The van der Waals surface area contributed by atoms with Crippen LogP contribution >= 0.6 is 0 Å². The van der Waals surface area contributed by atoms with Crippen molar-refractivity contribution in [1.82, 2.24) is 4.57 Å². The van der Waals surface area contributed by atoms with Crippen molar-refractivity contribution in [2.24, 2.45) is 0 Å². The summed E-state index contributed by atoms with van der Waals surface area (Å²) in [5, 5.41) is 2.76. The quantitative estimate of drug-likeness (QED) is 0.926. The van der Waals surface area contributed by atoms with Gasteiger partial charge in [-0.05, 0) is 50.8 Å². The molecule has 5 nitrogen and oxygen atoms in total. The van der Waals surface area contributed by atoms with E-state index in [2.05, 4.69) is 5.32 Å². The molecule has 1 aromatic heterocycles. The fourth-order valence-corrected chi connectivity index (χ4v) is 3.17. The molecule has 6 heteroatoms. The summed E-state index contributed by atoms with van der Waals surface area (Å²) in [5.74, 6) is -0.521. The van der Waals surface area contributed by atoms with Crippen LogP contribution < -0.4 is 15.6 Å². The first-order valence-electron chi connectivity index (χ1n) is 8.48. The minimum absolute atomic E-state index is 0.156. The lowest BCUT2D eigenvalue weighted by atomic mass is 10.0. The molecule has 0 atom stereocenters. The smallest absolute Gasteiger partial charge is 0.261 e. The third-order valence-electron chi connectivity index (χ3n) is 4.40. The first-order valence-corrected chi connectivity index (χ1v) is 8.48. The maximum atomic E-state index is 13.5. The highest BCUT2D eigenvalue weighted by Gasteiger charge is 2.24. The lowest BCUT2D eigenvalue weighted by Crippen LogP contribution is -2.31. The number of halogens is 1. The van der Waals surface area contributed by atoms with Gasteiger partial charge in [-0.1, -0.05) is 6.07 Å². The summed E-state index contributed by atoms with van der Waals surface area (Å²) in [6.45, 7) is 4.54. The third kappa shape index (κ3) is 3.43. The van der Waals surface area contributed by atoms with Crippen molar-refractivity contribution < 1.29 is 13.9 Å². The predicted molar refractivity (Wildman–Crippen MR) is 93.9 cm³/mol. The molecule has 0 saturated carbocycles. The van der Waals surface area contributed by atoms with Crippen molar-refractivity contribution in [3.63, 3.8) is 0 Å². The van der Waals surface area contributed by atoms with Gasteiger partial charge in [0.2, 0.25) is 0 Å². The Morgan fingerprint density at radius 3 is 2.88 bits per heavy atom. The Kier molecular flexibility index (Phi) is 4.88. The highest BCUT2D eigenvalue weighted by molar-refractivity contribution is 6.07. The Labute approximate surface area is 145 Å². The Bertz CT molecular complexity index is 874. The van der Waals surface area contributed by atoms with Gasteiger partial charge in [0.25, 0.3) is 11.5 Å². The van der Waals surface area contributed by atoms with Crippen LogP contribution in [0.1, 0.15) is 41.4 Å². The van der Waals surface area contributed by atoms with E-state index in [4.69, 9.17) is 4.74 Å². The molecule has 0 unspecified atom stereocenters. The second-order valence-electron chi connectivity index (χ2n) is 6.12. The number of nitrogens with zero attached hydrogens (tertiary/aromatic N) is 1. The maximum Gasteiger partial charge on any atom is 0.261 e. The van der Waals surface area contributed by atoms with Crippen LogP contribution in [0.4, 0.5) is 10.1 Å². The molecule has 0 saturated heterocycles. The number of nitrogens with one attached hydrogen (secondary N) is 1. The number of rotatable bonds is 4. The fourth-order valence-electron chi connectivity index (χ4n) is 3.17. The molecular formula is C19H21FN2O3. The van der Waals surface area contributed by atoms with E-state index < -0.39 is 5.82 Å². The molecule has 0 aliphatic carbocycles. The van der Waals surface area contributed by atoms with Gasteiger partial charge < -0.3 is 14.6 Å². The summed E-state index contributed by atoms with van der Waals surface area (Å²) in [5.41, 5.74) is 2.07. The van der Waals surface area contributed by atoms with Crippen LogP contribution in [-0.4, -0.2) is 17.1 Å². The minimum Gasteiger partial charge on any atom is -0.493 e. The molecule has 1 amide bonds. The summed E-state index contributed by atoms with van der Waals surface area (Å²) in [6.07, 6.45) is 2.46. The molecule has 132 valence electrons. The standard InChI is InChI=1S/C19H21FN2O3/c1-3-25-16-11-17(23)22-9-5-4-6-15(22)18(16)19(24)21-14-10-13(20)8-7-12(14)2/h7-8,10-11H,3-6,9H2,1-2H3,(H,21,24). The molecule has 0 radical (unpaired) electrons. The van der Waals surface area contributed by atoms with Gasteiger partial charge >= 0.3 is 0 Å². The molecule has 0 spiro atoms. The van der Waals surface area contributed by atoms with E-state index in [9.17, 15) is 14.0 Å². The van der Waals surface area contributed by atoms with Crippen LogP contribution in [0.3, 0.4) is 0 Å². The van der Waals surface area contributed by atoms with Gasteiger partial charge in [-0.2, -0.15) is 0 Å². The molecule has 2 aromatic rings. The molecular weight excluding hydrogens is 323 g/mol. The zero-order valence-corrected chi connectivity index (χ0v) is 14.4. The lowest BCUT2D eigenvalue weighted by molar-refractivity contribution is 0.102. The Morgan fingerprint density at radius 2 is 2.12 bits per heavy atom. The van der Waals surface area contributed by atoms with Crippen LogP contribution in [0, 0.1) is 12.7 Å². The second-order valence-corrected chi connectivity index (χ2v) is 6.12. The number of benzene rings is 1. The van der Waals surface area contributed by atoms with Gasteiger partial charge in [-0.3, -0.25) is 9.59 Å². The number of amides is 1. The monoisotopic (exact) mass is 344 g/mol. The first kappa shape index (κ1) is 17.2. The highest BCUT2D eigenvalue weighted by Crippen LogP contribution is 2.27. The lowest BCUT2D eigenvalue weighted by Gasteiger charge is -2.23. The number of carbonyl (C=O) groups is 1. The van der Waals surface area contributed by atoms with Crippen molar-refractivity contribution >= 4 is 11.6 Å². The number of pyridine rings is 1. The molecule has 1 aliphatic heterocycles. The first-order chi connectivity index (χ1) is 12.0. The Morgan fingerprint density at radius 1 is 1.32 bits per heavy atom. The number of fused-ring (bicyclic) bond motifs is 1. The third-order valence-corrected chi connectivity index (χ3v) is 4.40. The van der Waals surface area contributed by atoms with Gasteiger partial charge in [0.05, 0.1) is 6.61 Å². The molecule has 25 heavy (non-hydrogen) atoms. The minimum atomic E-state index is -0.419. The largest absolute Gasteiger partial charge is 0.493 e. The summed E-state index contributed by atoms with van der Waals surface area (Å²) in [7, 11) is 0. The molecule has 2 heterocycles. The molecule has 0 bridgehead atoms. The van der Waals surface area contributed by atoms with Crippen molar-refractivity contribution in [2.75, 3.05) is 11.9 Å². The topological polar surface area (TPSA) is 60.3 Å². The zero-order chi connectivity index (χ0) is 18.0. The van der Waals surface area contributed by atoms with E-state index in [1.807, 2.05) is 0 Å². The average molecular weight is 344 g/mol. The Balaban J connectivity index is 2.06. The number of aryl methyl sites for hydroxylation is 1. The molecule has 0 fully saturated rings. The van der Waals surface area contributed by atoms with Gasteiger partial charge in [0, 0.05) is 24.0 Å². The number of anilines is 1. The Hall–Kier alpha value is -2.63. The summed E-state index contributed by atoms with van der Waals surface area (Å²) in [6, 6.07) is 5.61. The van der Waals surface area contributed by atoms with E-state index in [1.165, 1.54) is 18.2 Å². The second kappa shape index (κ2) is 7.09. The zero-order valence-electron chi connectivity index (χ0n) is 14.4. The van der Waals surface area contributed by atoms with E-state index >= 15 is 0 Å². The van der Waals surface area contributed by atoms with Crippen LogP contribution in [-0.2, 0) is 13.0 Å².